The largest absolute Gasteiger partial charge is 0.481 e. The first-order valence-corrected chi connectivity index (χ1v) is 7.18. The molecule has 3 heteroatoms. The van der Waals surface area contributed by atoms with E-state index in [9.17, 15) is 9.59 Å². The van der Waals surface area contributed by atoms with E-state index in [2.05, 4.69) is 26.8 Å². The molecule has 0 aliphatic rings. The minimum absolute atomic E-state index is 0.157. The molecule has 0 aromatic carbocycles. The van der Waals surface area contributed by atoms with E-state index in [0.29, 0.717) is 18.8 Å². The number of rotatable bonds is 9. The Morgan fingerprint density at radius 1 is 1.16 bits per heavy atom. The minimum atomic E-state index is -0.977. The Bertz CT molecular complexity index is 327. The molecule has 0 heterocycles. The van der Waals surface area contributed by atoms with Gasteiger partial charge < -0.3 is 5.11 Å². The number of ketones is 1. The number of carbonyl (C=O) groups is 2. The van der Waals surface area contributed by atoms with Crippen LogP contribution in [-0.2, 0) is 9.59 Å². The Hall–Kier alpha value is -1.12. The smallest absolute Gasteiger partial charge is 0.314 e. The van der Waals surface area contributed by atoms with E-state index in [-0.39, 0.29) is 11.7 Å². The van der Waals surface area contributed by atoms with Crippen molar-refractivity contribution in [1.82, 2.24) is 0 Å². The van der Waals surface area contributed by atoms with Gasteiger partial charge in [-0.15, -0.1) is 0 Å². The van der Waals surface area contributed by atoms with Gasteiger partial charge in [0.25, 0.3) is 0 Å². The summed E-state index contributed by atoms with van der Waals surface area (Å²) in [7, 11) is 0. The fourth-order valence-corrected chi connectivity index (χ4v) is 2.14. The van der Waals surface area contributed by atoms with Crippen LogP contribution in [0.4, 0.5) is 0 Å². The molecule has 0 saturated carbocycles. The van der Waals surface area contributed by atoms with Gasteiger partial charge >= 0.3 is 5.97 Å². The first-order valence-electron chi connectivity index (χ1n) is 7.18. The lowest BCUT2D eigenvalue weighted by molar-refractivity contribution is -0.147. The van der Waals surface area contributed by atoms with Crippen molar-refractivity contribution in [2.75, 3.05) is 0 Å². The van der Waals surface area contributed by atoms with Gasteiger partial charge in [-0.3, -0.25) is 9.59 Å². The molecule has 3 unspecified atom stereocenters. The van der Waals surface area contributed by atoms with Crippen LogP contribution in [0.3, 0.4) is 0 Å². The molecule has 0 aromatic rings. The summed E-state index contributed by atoms with van der Waals surface area (Å²) in [6, 6.07) is 0. The molecule has 3 nitrogen and oxygen atoms in total. The lowest BCUT2D eigenvalue weighted by Crippen LogP contribution is -2.27. The SMILES string of the molecule is CCC(=O)C(CC(C)C(C)CCC=C(C)C)C(=O)O. The number of Topliss-reactive ketones (excluding diaryl/α,β-unsaturated/α-hetero) is 1. The highest BCUT2D eigenvalue weighted by atomic mass is 16.4. The Morgan fingerprint density at radius 3 is 2.16 bits per heavy atom. The first kappa shape index (κ1) is 17.9. The zero-order valence-electron chi connectivity index (χ0n) is 12.9. The van der Waals surface area contributed by atoms with Crippen LogP contribution in [0, 0.1) is 17.8 Å². The van der Waals surface area contributed by atoms with E-state index < -0.39 is 11.9 Å². The summed E-state index contributed by atoms with van der Waals surface area (Å²) < 4.78 is 0. The number of allylic oxidation sites excluding steroid dienone is 2. The maximum Gasteiger partial charge on any atom is 0.314 e. The summed E-state index contributed by atoms with van der Waals surface area (Å²) in [6.45, 7) is 10.1. The maximum atomic E-state index is 11.6. The summed E-state index contributed by atoms with van der Waals surface area (Å²) in [6.07, 6.45) is 5.02. The van der Waals surface area contributed by atoms with Gasteiger partial charge in [0.1, 0.15) is 11.7 Å². The number of carboxylic acid groups (broad SMARTS) is 1. The molecule has 3 atom stereocenters. The molecular weight excluding hydrogens is 240 g/mol. The van der Waals surface area contributed by atoms with Gasteiger partial charge in [-0.2, -0.15) is 0 Å². The van der Waals surface area contributed by atoms with Crippen molar-refractivity contribution in [3.8, 4) is 0 Å². The standard InChI is InChI=1S/C16H28O3/c1-6-15(17)14(16(18)19)10-13(5)12(4)9-7-8-11(2)3/h8,12-14H,6-7,9-10H2,1-5H3,(H,18,19). The average molecular weight is 268 g/mol. The van der Waals surface area contributed by atoms with Crippen LogP contribution in [0.5, 0.6) is 0 Å². The summed E-state index contributed by atoms with van der Waals surface area (Å²) in [5.74, 6) is -1.28. The maximum absolute atomic E-state index is 11.6. The van der Waals surface area contributed by atoms with E-state index in [1.54, 1.807) is 6.92 Å². The Morgan fingerprint density at radius 2 is 1.74 bits per heavy atom. The van der Waals surface area contributed by atoms with Crippen LogP contribution in [0.15, 0.2) is 11.6 Å². The molecule has 0 fully saturated rings. The topological polar surface area (TPSA) is 54.4 Å². The van der Waals surface area contributed by atoms with Crippen LogP contribution >= 0.6 is 0 Å². The van der Waals surface area contributed by atoms with Crippen LogP contribution in [0.2, 0.25) is 0 Å². The van der Waals surface area contributed by atoms with Gasteiger partial charge in [-0.05, 0) is 44.9 Å². The average Bonchev–Trinajstić information content (AvgIpc) is 2.33. The molecule has 0 aliphatic carbocycles. The minimum Gasteiger partial charge on any atom is -0.481 e. The van der Waals surface area contributed by atoms with E-state index in [1.807, 2.05) is 6.92 Å². The highest BCUT2D eigenvalue weighted by Crippen LogP contribution is 2.25. The number of carbonyl (C=O) groups excluding carboxylic acids is 1. The second kappa shape index (κ2) is 8.89. The zero-order valence-corrected chi connectivity index (χ0v) is 12.9. The third-order valence-electron chi connectivity index (χ3n) is 3.79. The van der Waals surface area contributed by atoms with E-state index in [4.69, 9.17) is 5.11 Å². The Labute approximate surface area is 117 Å². The lowest BCUT2D eigenvalue weighted by Gasteiger charge is -2.22. The normalized spacial score (nSPS) is 15.4. The second-order valence-electron chi connectivity index (χ2n) is 5.76. The molecule has 0 aliphatic heterocycles. The van der Waals surface area contributed by atoms with Gasteiger partial charge in [-0.25, -0.2) is 0 Å². The fourth-order valence-electron chi connectivity index (χ4n) is 2.14. The molecule has 0 amide bonds. The molecule has 0 aromatic heterocycles. The van der Waals surface area contributed by atoms with Crippen molar-refractivity contribution in [2.45, 2.75) is 60.3 Å². The predicted octanol–water partition coefficient (Wildman–Crippen LogP) is 4.08. The number of carboxylic acids is 1. The molecule has 0 spiro atoms. The van der Waals surface area contributed by atoms with Crippen LogP contribution < -0.4 is 0 Å². The van der Waals surface area contributed by atoms with Gasteiger partial charge in [0.2, 0.25) is 0 Å². The molecule has 0 rings (SSSR count). The number of hydrogen-bond acceptors (Lipinski definition) is 2. The number of hydrogen-bond donors (Lipinski definition) is 1. The summed E-state index contributed by atoms with van der Waals surface area (Å²) in [5, 5.41) is 9.12. The van der Waals surface area contributed by atoms with Crippen LogP contribution in [-0.4, -0.2) is 16.9 Å². The van der Waals surface area contributed by atoms with E-state index in [0.717, 1.165) is 12.8 Å². The van der Waals surface area contributed by atoms with Crippen molar-refractivity contribution in [3.05, 3.63) is 11.6 Å². The van der Waals surface area contributed by atoms with Crippen molar-refractivity contribution in [1.29, 1.82) is 0 Å². The van der Waals surface area contributed by atoms with Gasteiger partial charge in [0, 0.05) is 6.42 Å². The van der Waals surface area contributed by atoms with Gasteiger partial charge in [0.05, 0.1) is 0 Å². The molecule has 0 radical (unpaired) electrons. The van der Waals surface area contributed by atoms with Crippen LogP contribution in [0.1, 0.15) is 60.3 Å². The fraction of sp³-hybridized carbons (Fsp3) is 0.750. The first-order chi connectivity index (χ1) is 8.79. The van der Waals surface area contributed by atoms with Crippen molar-refractivity contribution < 1.29 is 14.7 Å². The van der Waals surface area contributed by atoms with Gasteiger partial charge in [0.15, 0.2) is 0 Å². The van der Waals surface area contributed by atoms with Crippen molar-refractivity contribution in [2.24, 2.45) is 17.8 Å². The summed E-state index contributed by atoms with van der Waals surface area (Å²) >= 11 is 0. The highest BCUT2D eigenvalue weighted by Gasteiger charge is 2.28. The predicted molar refractivity (Wildman–Crippen MR) is 78.0 cm³/mol. The lowest BCUT2D eigenvalue weighted by atomic mass is 9.82. The molecular formula is C16H28O3. The third kappa shape index (κ3) is 7.14. The highest BCUT2D eigenvalue weighted by molar-refractivity contribution is 5.97. The Balaban J connectivity index is 4.39. The molecule has 0 bridgehead atoms. The Kier molecular flexibility index (Phi) is 8.37. The second-order valence-corrected chi connectivity index (χ2v) is 5.76. The van der Waals surface area contributed by atoms with Crippen molar-refractivity contribution >= 4 is 11.8 Å². The summed E-state index contributed by atoms with van der Waals surface area (Å²) in [5.41, 5.74) is 1.31. The molecule has 19 heavy (non-hydrogen) atoms. The molecule has 110 valence electrons. The number of aliphatic carboxylic acids is 1. The quantitative estimate of drug-likeness (QED) is 0.506. The zero-order chi connectivity index (χ0) is 15.0. The molecule has 0 saturated heterocycles. The third-order valence-corrected chi connectivity index (χ3v) is 3.79. The van der Waals surface area contributed by atoms with E-state index in [1.165, 1.54) is 5.57 Å². The van der Waals surface area contributed by atoms with Gasteiger partial charge in [-0.1, -0.05) is 32.4 Å². The molecule has 1 N–H and O–H groups in total. The monoisotopic (exact) mass is 268 g/mol. The van der Waals surface area contributed by atoms with Crippen LogP contribution in [0.25, 0.3) is 0 Å². The summed E-state index contributed by atoms with van der Waals surface area (Å²) in [4.78, 5) is 22.8. The van der Waals surface area contributed by atoms with Crippen molar-refractivity contribution in [3.63, 3.8) is 0 Å². The van der Waals surface area contributed by atoms with E-state index >= 15 is 0 Å².